The molecule has 0 aromatic carbocycles. The van der Waals surface area contributed by atoms with Gasteiger partial charge in [-0.1, -0.05) is 0 Å². The lowest BCUT2D eigenvalue weighted by Crippen LogP contribution is -2.37. The van der Waals surface area contributed by atoms with Gasteiger partial charge in [0, 0.05) is 12.5 Å². The van der Waals surface area contributed by atoms with E-state index < -0.39 is 0 Å². The van der Waals surface area contributed by atoms with Gasteiger partial charge in [0.15, 0.2) is 0 Å². The highest BCUT2D eigenvalue weighted by Crippen LogP contribution is 2.22. The van der Waals surface area contributed by atoms with E-state index in [1.165, 1.54) is 19.3 Å². The maximum Gasteiger partial charge on any atom is 0.146 e. The van der Waals surface area contributed by atoms with E-state index in [0.29, 0.717) is 18.8 Å². The minimum atomic E-state index is 0.388. The van der Waals surface area contributed by atoms with E-state index in [1.54, 1.807) is 0 Å². The van der Waals surface area contributed by atoms with Crippen LogP contribution in [0.25, 0.3) is 0 Å². The van der Waals surface area contributed by atoms with Gasteiger partial charge in [-0.2, -0.15) is 0 Å². The van der Waals surface area contributed by atoms with Crippen molar-refractivity contribution < 1.29 is 14.2 Å². The molecule has 0 bridgehead atoms. The summed E-state index contributed by atoms with van der Waals surface area (Å²) in [6.07, 6.45) is 4.07. The molecule has 2 aliphatic heterocycles. The summed E-state index contributed by atoms with van der Waals surface area (Å²) in [6.45, 7) is 3.00. The molecular formula is C9H16O3. The third-order valence-corrected chi connectivity index (χ3v) is 2.57. The lowest BCUT2D eigenvalue weighted by Gasteiger charge is -2.32. The highest BCUT2D eigenvalue weighted by Gasteiger charge is 2.26. The van der Waals surface area contributed by atoms with Gasteiger partial charge in [-0.25, -0.2) is 0 Å². The standard InChI is InChI=1S/C9H16O3/c1-2-4-12-9(3-1)8-5-10-7-11-6-8/h8-9H,1-7H2. The van der Waals surface area contributed by atoms with Crippen molar-refractivity contribution in [3.63, 3.8) is 0 Å². The van der Waals surface area contributed by atoms with Crippen molar-refractivity contribution in [2.75, 3.05) is 26.6 Å². The highest BCUT2D eigenvalue weighted by atomic mass is 16.7. The average Bonchev–Trinajstić information content (AvgIpc) is 2.21. The van der Waals surface area contributed by atoms with Crippen LogP contribution in [-0.4, -0.2) is 32.7 Å². The lowest BCUT2D eigenvalue weighted by molar-refractivity contribution is -0.162. The van der Waals surface area contributed by atoms with Crippen LogP contribution in [0.15, 0.2) is 0 Å². The van der Waals surface area contributed by atoms with Gasteiger partial charge in [0.25, 0.3) is 0 Å². The first-order valence-corrected chi connectivity index (χ1v) is 4.74. The number of hydrogen-bond acceptors (Lipinski definition) is 3. The van der Waals surface area contributed by atoms with Crippen molar-refractivity contribution in [3.05, 3.63) is 0 Å². The maximum absolute atomic E-state index is 5.66. The quantitative estimate of drug-likeness (QED) is 0.594. The van der Waals surface area contributed by atoms with Crippen molar-refractivity contribution in [1.82, 2.24) is 0 Å². The van der Waals surface area contributed by atoms with E-state index in [2.05, 4.69) is 0 Å². The summed E-state index contributed by atoms with van der Waals surface area (Å²) < 4.78 is 16.1. The third kappa shape index (κ3) is 1.97. The van der Waals surface area contributed by atoms with Crippen molar-refractivity contribution in [2.24, 2.45) is 5.92 Å². The summed E-state index contributed by atoms with van der Waals surface area (Å²) in [6, 6.07) is 0. The van der Waals surface area contributed by atoms with Crippen LogP contribution < -0.4 is 0 Å². The number of rotatable bonds is 1. The first-order chi connectivity index (χ1) is 5.97. The minimum absolute atomic E-state index is 0.388. The van der Waals surface area contributed by atoms with Gasteiger partial charge in [0.1, 0.15) is 6.79 Å². The highest BCUT2D eigenvalue weighted by molar-refractivity contribution is 4.74. The van der Waals surface area contributed by atoms with Crippen LogP contribution in [0.2, 0.25) is 0 Å². The molecule has 3 nitrogen and oxygen atoms in total. The molecule has 70 valence electrons. The molecule has 0 saturated carbocycles. The fraction of sp³-hybridized carbons (Fsp3) is 1.00. The second kappa shape index (κ2) is 4.21. The van der Waals surface area contributed by atoms with Crippen molar-refractivity contribution in [3.8, 4) is 0 Å². The van der Waals surface area contributed by atoms with Gasteiger partial charge in [-0.3, -0.25) is 0 Å². The van der Waals surface area contributed by atoms with Gasteiger partial charge < -0.3 is 14.2 Å². The Balaban J connectivity index is 1.80. The summed E-state index contributed by atoms with van der Waals surface area (Å²) >= 11 is 0. The third-order valence-electron chi connectivity index (χ3n) is 2.57. The van der Waals surface area contributed by atoms with Crippen LogP contribution in [0.4, 0.5) is 0 Å². The molecule has 2 rings (SSSR count). The van der Waals surface area contributed by atoms with Crippen LogP contribution in [0, 0.1) is 5.92 Å². The zero-order valence-corrected chi connectivity index (χ0v) is 7.33. The molecule has 2 fully saturated rings. The number of hydrogen-bond donors (Lipinski definition) is 0. The summed E-state index contributed by atoms with van der Waals surface area (Å²) in [4.78, 5) is 0. The normalized spacial score (nSPS) is 33.5. The lowest BCUT2D eigenvalue weighted by atomic mass is 9.97. The molecule has 1 unspecified atom stereocenters. The zero-order chi connectivity index (χ0) is 8.23. The van der Waals surface area contributed by atoms with Crippen LogP contribution in [-0.2, 0) is 14.2 Å². The Morgan fingerprint density at radius 2 is 1.83 bits per heavy atom. The largest absolute Gasteiger partial charge is 0.378 e. The van der Waals surface area contributed by atoms with Crippen LogP contribution in [0.5, 0.6) is 0 Å². The Bertz CT molecular complexity index is 110. The molecule has 0 aromatic heterocycles. The first-order valence-electron chi connectivity index (χ1n) is 4.74. The van der Waals surface area contributed by atoms with Crippen LogP contribution in [0.3, 0.4) is 0 Å². The molecular weight excluding hydrogens is 156 g/mol. The average molecular weight is 172 g/mol. The molecule has 0 radical (unpaired) electrons. The van der Waals surface area contributed by atoms with E-state index in [9.17, 15) is 0 Å². The van der Waals surface area contributed by atoms with Crippen molar-refractivity contribution >= 4 is 0 Å². The molecule has 0 aromatic rings. The van der Waals surface area contributed by atoms with Crippen molar-refractivity contribution in [2.45, 2.75) is 25.4 Å². The first kappa shape index (κ1) is 8.48. The van der Waals surface area contributed by atoms with Gasteiger partial charge in [0.2, 0.25) is 0 Å². The predicted octanol–water partition coefficient (Wildman–Crippen LogP) is 1.18. The van der Waals surface area contributed by atoms with Gasteiger partial charge in [-0.05, 0) is 19.3 Å². The van der Waals surface area contributed by atoms with Gasteiger partial charge in [0.05, 0.1) is 19.3 Å². The minimum Gasteiger partial charge on any atom is -0.378 e. The fourth-order valence-corrected chi connectivity index (χ4v) is 1.86. The van der Waals surface area contributed by atoms with E-state index in [4.69, 9.17) is 14.2 Å². The summed E-state index contributed by atoms with van der Waals surface area (Å²) in [5.74, 6) is 0.471. The summed E-state index contributed by atoms with van der Waals surface area (Å²) in [7, 11) is 0. The molecule has 2 heterocycles. The Hall–Kier alpha value is -0.120. The molecule has 3 heteroatoms. The molecule has 0 amide bonds. The Kier molecular flexibility index (Phi) is 2.98. The summed E-state index contributed by atoms with van der Waals surface area (Å²) in [5, 5.41) is 0. The molecule has 2 aliphatic rings. The SMILES string of the molecule is C1CCC(C2COCOC2)OC1. The molecule has 2 saturated heterocycles. The van der Waals surface area contributed by atoms with Gasteiger partial charge in [-0.15, -0.1) is 0 Å². The van der Waals surface area contributed by atoms with E-state index in [-0.39, 0.29) is 0 Å². The smallest absolute Gasteiger partial charge is 0.146 e. The molecule has 0 aliphatic carbocycles. The van der Waals surface area contributed by atoms with Crippen LogP contribution in [0.1, 0.15) is 19.3 Å². The van der Waals surface area contributed by atoms with E-state index in [1.807, 2.05) is 0 Å². The molecule has 1 atom stereocenters. The van der Waals surface area contributed by atoms with E-state index >= 15 is 0 Å². The van der Waals surface area contributed by atoms with Crippen LogP contribution >= 0.6 is 0 Å². The van der Waals surface area contributed by atoms with Crippen molar-refractivity contribution in [1.29, 1.82) is 0 Å². The van der Waals surface area contributed by atoms with E-state index in [0.717, 1.165) is 19.8 Å². The monoisotopic (exact) mass is 172 g/mol. The second-order valence-electron chi connectivity index (χ2n) is 3.52. The Morgan fingerprint density at radius 1 is 1.00 bits per heavy atom. The molecule has 12 heavy (non-hydrogen) atoms. The van der Waals surface area contributed by atoms with Gasteiger partial charge >= 0.3 is 0 Å². The molecule has 0 N–H and O–H groups in total. The number of ether oxygens (including phenoxy) is 3. The topological polar surface area (TPSA) is 27.7 Å². The molecule has 0 spiro atoms. The predicted molar refractivity (Wildman–Crippen MR) is 43.9 cm³/mol. The Morgan fingerprint density at radius 3 is 2.50 bits per heavy atom. The maximum atomic E-state index is 5.66. The Labute approximate surface area is 73.0 Å². The fourth-order valence-electron chi connectivity index (χ4n) is 1.86. The zero-order valence-electron chi connectivity index (χ0n) is 7.33. The second-order valence-corrected chi connectivity index (χ2v) is 3.52. The summed E-state index contributed by atoms with van der Waals surface area (Å²) in [5.41, 5.74) is 0.